The first-order valence-corrected chi connectivity index (χ1v) is 16.8. The van der Waals surface area contributed by atoms with Crippen molar-refractivity contribution in [3.63, 3.8) is 0 Å². The van der Waals surface area contributed by atoms with Crippen molar-refractivity contribution in [3.8, 4) is 33.4 Å². The van der Waals surface area contributed by atoms with Gasteiger partial charge in [-0.15, -0.1) is 0 Å². The molecule has 0 unspecified atom stereocenters. The van der Waals surface area contributed by atoms with Crippen LogP contribution in [0.4, 0.5) is 17.1 Å². The highest BCUT2D eigenvalue weighted by Gasteiger charge is 2.36. The van der Waals surface area contributed by atoms with Gasteiger partial charge in [-0.1, -0.05) is 159 Å². The molecule has 228 valence electrons. The lowest BCUT2D eigenvalue weighted by Crippen LogP contribution is -2.17. The molecule has 0 saturated heterocycles. The smallest absolute Gasteiger partial charge is 0.0546 e. The standard InChI is InChI=1S/C47H35N/c1-47(2)43-21-11-10-20-41(43)42-28-26-38(31-44(42)47)48(45-22-12-18-34-16-8-9-19-39(34)45)46-30-37(25-27-40(46)33-14-4-3-5-15-33)36-24-23-32-13-6-7-17-35(32)29-36/h3-31H,1-2H3. The van der Waals surface area contributed by atoms with Crippen molar-refractivity contribution in [2.24, 2.45) is 0 Å². The van der Waals surface area contributed by atoms with Gasteiger partial charge in [-0.3, -0.25) is 0 Å². The maximum absolute atomic E-state index is 2.49. The van der Waals surface area contributed by atoms with Crippen LogP contribution in [-0.2, 0) is 5.41 Å². The van der Waals surface area contributed by atoms with Gasteiger partial charge in [-0.2, -0.15) is 0 Å². The van der Waals surface area contributed by atoms with E-state index < -0.39 is 0 Å². The van der Waals surface area contributed by atoms with E-state index in [0.717, 1.165) is 17.1 Å². The third kappa shape index (κ3) is 4.54. The summed E-state index contributed by atoms with van der Waals surface area (Å²) in [6, 6.07) is 64.6. The second kappa shape index (κ2) is 11.1. The average molecular weight is 614 g/mol. The molecule has 0 N–H and O–H groups in total. The highest BCUT2D eigenvalue weighted by Crippen LogP contribution is 2.52. The van der Waals surface area contributed by atoms with Crippen LogP contribution >= 0.6 is 0 Å². The molecule has 48 heavy (non-hydrogen) atoms. The topological polar surface area (TPSA) is 3.24 Å². The molecule has 0 radical (unpaired) electrons. The Balaban J connectivity index is 1.33. The first kappa shape index (κ1) is 28.3. The molecule has 0 saturated carbocycles. The Hall–Kier alpha value is -5.92. The minimum atomic E-state index is -0.110. The molecule has 1 heteroatoms. The van der Waals surface area contributed by atoms with E-state index in [0.29, 0.717) is 0 Å². The summed E-state index contributed by atoms with van der Waals surface area (Å²) in [6.45, 7) is 4.72. The Morgan fingerprint density at radius 3 is 1.90 bits per heavy atom. The largest absolute Gasteiger partial charge is 0.309 e. The van der Waals surface area contributed by atoms with Crippen LogP contribution in [0.15, 0.2) is 176 Å². The molecule has 0 bridgehead atoms. The molecule has 8 aromatic rings. The van der Waals surface area contributed by atoms with Gasteiger partial charge in [0.25, 0.3) is 0 Å². The van der Waals surface area contributed by atoms with Crippen LogP contribution in [0.5, 0.6) is 0 Å². The maximum Gasteiger partial charge on any atom is 0.0546 e. The number of benzene rings is 8. The quantitative estimate of drug-likeness (QED) is 0.187. The summed E-state index contributed by atoms with van der Waals surface area (Å²) < 4.78 is 0. The molecule has 0 aliphatic heterocycles. The summed E-state index contributed by atoms with van der Waals surface area (Å²) >= 11 is 0. The van der Waals surface area contributed by atoms with Crippen LogP contribution in [0.2, 0.25) is 0 Å². The Morgan fingerprint density at radius 1 is 0.375 bits per heavy atom. The molecule has 0 amide bonds. The van der Waals surface area contributed by atoms with Gasteiger partial charge in [0.1, 0.15) is 0 Å². The van der Waals surface area contributed by atoms with Gasteiger partial charge >= 0.3 is 0 Å². The summed E-state index contributed by atoms with van der Waals surface area (Å²) in [7, 11) is 0. The zero-order valence-corrected chi connectivity index (χ0v) is 27.2. The lowest BCUT2D eigenvalue weighted by atomic mass is 9.82. The molecular weight excluding hydrogens is 579 g/mol. The molecule has 1 aliphatic carbocycles. The highest BCUT2D eigenvalue weighted by molar-refractivity contribution is 6.02. The number of nitrogens with zero attached hydrogens (tertiary/aromatic N) is 1. The Bertz CT molecular complexity index is 2480. The molecule has 9 rings (SSSR count). The number of anilines is 3. The second-order valence-electron chi connectivity index (χ2n) is 13.4. The van der Waals surface area contributed by atoms with Gasteiger partial charge in [0, 0.05) is 22.1 Å². The van der Waals surface area contributed by atoms with Gasteiger partial charge in [0.2, 0.25) is 0 Å². The van der Waals surface area contributed by atoms with Gasteiger partial charge < -0.3 is 4.90 Å². The van der Waals surface area contributed by atoms with Crippen LogP contribution in [0, 0.1) is 0 Å². The molecular formula is C47H35N. The lowest BCUT2D eigenvalue weighted by molar-refractivity contribution is 0.660. The highest BCUT2D eigenvalue weighted by atomic mass is 15.1. The zero-order chi connectivity index (χ0) is 32.2. The Kier molecular flexibility index (Phi) is 6.55. The van der Waals surface area contributed by atoms with Crippen molar-refractivity contribution in [2.75, 3.05) is 4.90 Å². The van der Waals surface area contributed by atoms with Crippen LogP contribution in [0.3, 0.4) is 0 Å². The Labute approximate surface area is 282 Å². The normalized spacial score (nSPS) is 13.0. The van der Waals surface area contributed by atoms with E-state index in [1.807, 2.05) is 0 Å². The lowest BCUT2D eigenvalue weighted by Gasteiger charge is -2.31. The second-order valence-corrected chi connectivity index (χ2v) is 13.4. The predicted octanol–water partition coefficient (Wildman–Crippen LogP) is 13.1. The van der Waals surface area contributed by atoms with Crippen LogP contribution in [0.25, 0.3) is 54.9 Å². The van der Waals surface area contributed by atoms with E-state index in [9.17, 15) is 0 Å². The predicted molar refractivity (Wildman–Crippen MR) is 205 cm³/mol. The van der Waals surface area contributed by atoms with Gasteiger partial charge in [0.15, 0.2) is 0 Å². The molecule has 0 heterocycles. The maximum atomic E-state index is 2.49. The van der Waals surface area contributed by atoms with E-state index in [2.05, 4.69) is 195 Å². The fourth-order valence-electron chi connectivity index (χ4n) is 7.77. The van der Waals surface area contributed by atoms with E-state index >= 15 is 0 Å². The third-order valence-corrected chi connectivity index (χ3v) is 10.2. The summed E-state index contributed by atoms with van der Waals surface area (Å²) in [4.78, 5) is 2.49. The molecule has 1 aliphatic rings. The third-order valence-electron chi connectivity index (χ3n) is 10.2. The fourth-order valence-corrected chi connectivity index (χ4v) is 7.77. The molecule has 1 nitrogen and oxygen atoms in total. The zero-order valence-electron chi connectivity index (χ0n) is 27.2. The van der Waals surface area contributed by atoms with Crippen molar-refractivity contribution in [2.45, 2.75) is 19.3 Å². The van der Waals surface area contributed by atoms with Gasteiger partial charge in [-0.05, 0) is 85.4 Å². The molecule has 0 aromatic heterocycles. The van der Waals surface area contributed by atoms with E-state index in [-0.39, 0.29) is 5.41 Å². The van der Waals surface area contributed by atoms with Crippen LogP contribution < -0.4 is 4.90 Å². The molecule has 0 spiro atoms. The van der Waals surface area contributed by atoms with E-state index in [4.69, 9.17) is 0 Å². The van der Waals surface area contributed by atoms with Gasteiger partial charge in [0.05, 0.1) is 11.4 Å². The van der Waals surface area contributed by atoms with E-state index in [1.165, 1.54) is 66.1 Å². The monoisotopic (exact) mass is 613 g/mol. The summed E-state index contributed by atoms with van der Waals surface area (Å²) in [5.74, 6) is 0. The molecule has 8 aromatic carbocycles. The first-order chi connectivity index (χ1) is 23.6. The average Bonchev–Trinajstić information content (AvgIpc) is 3.37. The first-order valence-electron chi connectivity index (χ1n) is 16.8. The van der Waals surface area contributed by atoms with Crippen molar-refractivity contribution < 1.29 is 0 Å². The minimum absolute atomic E-state index is 0.110. The van der Waals surface area contributed by atoms with Crippen molar-refractivity contribution in [1.82, 2.24) is 0 Å². The van der Waals surface area contributed by atoms with E-state index in [1.54, 1.807) is 0 Å². The van der Waals surface area contributed by atoms with Crippen molar-refractivity contribution >= 4 is 38.6 Å². The minimum Gasteiger partial charge on any atom is -0.309 e. The van der Waals surface area contributed by atoms with Crippen LogP contribution in [0.1, 0.15) is 25.0 Å². The number of hydrogen-bond donors (Lipinski definition) is 0. The fraction of sp³-hybridized carbons (Fsp3) is 0.0638. The van der Waals surface area contributed by atoms with Gasteiger partial charge in [-0.25, -0.2) is 0 Å². The van der Waals surface area contributed by atoms with Crippen LogP contribution in [-0.4, -0.2) is 0 Å². The summed E-state index contributed by atoms with van der Waals surface area (Å²) in [5, 5.41) is 4.94. The summed E-state index contributed by atoms with van der Waals surface area (Å²) in [5.41, 5.74) is 13.5. The molecule has 0 fully saturated rings. The van der Waals surface area contributed by atoms with Crippen molar-refractivity contribution in [1.29, 1.82) is 0 Å². The number of hydrogen-bond acceptors (Lipinski definition) is 1. The SMILES string of the molecule is CC1(C)c2ccccc2-c2ccc(N(c3cc(-c4ccc5ccccc5c4)ccc3-c3ccccc3)c3cccc4ccccc34)cc21. The summed E-state index contributed by atoms with van der Waals surface area (Å²) in [6.07, 6.45) is 0. The van der Waals surface area contributed by atoms with Crippen molar-refractivity contribution in [3.05, 3.63) is 187 Å². The number of rotatable bonds is 5. The number of fused-ring (bicyclic) bond motifs is 5. The Morgan fingerprint density at radius 2 is 1.02 bits per heavy atom. The molecule has 0 atom stereocenters.